The molecule has 234 valence electrons. The van der Waals surface area contributed by atoms with Crippen LogP contribution in [0, 0.1) is 0 Å². The predicted molar refractivity (Wildman–Crippen MR) is 185 cm³/mol. The van der Waals surface area contributed by atoms with Gasteiger partial charge in [0.25, 0.3) is 0 Å². The average Bonchev–Trinajstić information content (AvgIpc) is 3.49. The van der Waals surface area contributed by atoms with E-state index in [4.69, 9.17) is 9.47 Å². The highest BCUT2D eigenvalue weighted by Gasteiger charge is 2.14. The summed E-state index contributed by atoms with van der Waals surface area (Å²) in [5.41, 5.74) is 2.54. The number of amides is 2. The summed E-state index contributed by atoms with van der Waals surface area (Å²) in [6, 6.07) is 13.2. The van der Waals surface area contributed by atoms with Gasteiger partial charge in [0.05, 0.1) is 25.3 Å². The number of hydrogen-bond acceptors (Lipinski definition) is 5. The van der Waals surface area contributed by atoms with Crippen molar-refractivity contribution in [1.82, 2.24) is 4.90 Å². The Bertz CT molecular complexity index is 1040. The predicted octanol–water partition coefficient (Wildman–Crippen LogP) is 10.8. The van der Waals surface area contributed by atoms with Crippen molar-refractivity contribution in [2.24, 2.45) is 0 Å². The van der Waals surface area contributed by atoms with Gasteiger partial charge in [-0.1, -0.05) is 109 Å². The van der Waals surface area contributed by atoms with Crippen LogP contribution in [0.2, 0.25) is 0 Å². The summed E-state index contributed by atoms with van der Waals surface area (Å²) in [6.07, 6.45) is 20.7. The fourth-order valence-corrected chi connectivity index (χ4v) is 5.73. The van der Waals surface area contributed by atoms with Crippen molar-refractivity contribution < 1.29 is 14.3 Å². The molecule has 0 atom stereocenters. The smallest absolute Gasteiger partial charge is 0.323 e. The van der Waals surface area contributed by atoms with Crippen LogP contribution in [0.15, 0.2) is 54.1 Å². The number of nitrogens with one attached hydrogen (secondary N) is 2. The molecule has 1 aliphatic rings. The molecule has 1 aliphatic heterocycles. The lowest BCUT2D eigenvalue weighted by Gasteiger charge is -2.16. The molecular formula is C34H52BrN3O3S. The van der Waals surface area contributed by atoms with Crippen LogP contribution in [0.4, 0.5) is 16.2 Å². The molecule has 0 bridgehead atoms. The molecule has 0 saturated carbocycles. The van der Waals surface area contributed by atoms with E-state index >= 15 is 0 Å². The second kappa shape index (κ2) is 22.3. The SMILES string of the molecule is Br.CCCCCCCCCCCCCCCCOc1c(NC(=O)Nc2ccc(CN3C=CSC3)cc2)cccc1OC. The molecule has 0 saturated heterocycles. The number of nitrogens with zero attached hydrogens (tertiary/aromatic N) is 1. The largest absolute Gasteiger partial charge is 0.493 e. The van der Waals surface area contributed by atoms with Gasteiger partial charge in [0, 0.05) is 18.4 Å². The van der Waals surface area contributed by atoms with Crippen molar-refractivity contribution >= 4 is 46.1 Å². The van der Waals surface area contributed by atoms with Crippen LogP contribution in [0.1, 0.15) is 102 Å². The van der Waals surface area contributed by atoms with Crippen LogP contribution in [0.3, 0.4) is 0 Å². The maximum Gasteiger partial charge on any atom is 0.323 e. The number of unbranched alkanes of at least 4 members (excludes halogenated alkanes) is 13. The lowest BCUT2D eigenvalue weighted by Crippen LogP contribution is -2.20. The van der Waals surface area contributed by atoms with Crippen molar-refractivity contribution in [3.05, 3.63) is 59.6 Å². The van der Waals surface area contributed by atoms with Crippen molar-refractivity contribution in [2.45, 2.75) is 103 Å². The van der Waals surface area contributed by atoms with E-state index in [1.54, 1.807) is 18.9 Å². The first-order chi connectivity index (χ1) is 20.2. The minimum absolute atomic E-state index is 0. The number of benzene rings is 2. The van der Waals surface area contributed by atoms with E-state index in [1.165, 1.54) is 82.6 Å². The number of carbonyl (C=O) groups is 1. The van der Waals surface area contributed by atoms with E-state index in [0.717, 1.165) is 31.0 Å². The number of ether oxygens (including phenoxy) is 2. The quantitative estimate of drug-likeness (QED) is 0.130. The van der Waals surface area contributed by atoms with E-state index in [0.29, 0.717) is 23.8 Å². The Morgan fingerprint density at radius 2 is 1.45 bits per heavy atom. The topological polar surface area (TPSA) is 62.8 Å². The number of carbonyl (C=O) groups excluding carboxylic acids is 1. The first-order valence-corrected chi connectivity index (χ1v) is 16.7. The van der Waals surface area contributed by atoms with Crippen LogP contribution in [0.5, 0.6) is 11.5 Å². The first-order valence-electron chi connectivity index (χ1n) is 15.7. The number of para-hydroxylation sites is 1. The number of anilines is 2. The Kier molecular flexibility index (Phi) is 19.0. The van der Waals surface area contributed by atoms with E-state index in [1.807, 2.05) is 42.5 Å². The molecule has 42 heavy (non-hydrogen) atoms. The van der Waals surface area contributed by atoms with E-state index < -0.39 is 0 Å². The molecule has 0 spiro atoms. The molecule has 0 unspecified atom stereocenters. The van der Waals surface area contributed by atoms with Gasteiger partial charge in [0.2, 0.25) is 0 Å². The van der Waals surface area contributed by atoms with Crippen molar-refractivity contribution in [1.29, 1.82) is 0 Å². The Morgan fingerprint density at radius 3 is 2.02 bits per heavy atom. The van der Waals surface area contributed by atoms with Crippen molar-refractivity contribution in [3.8, 4) is 11.5 Å². The fourth-order valence-electron chi connectivity index (χ4n) is 5.02. The summed E-state index contributed by atoms with van der Waals surface area (Å²) in [4.78, 5) is 15.0. The van der Waals surface area contributed by atoms with Gasteiger partial charge in [-0.3, -0.25) is 0 Å². The zero-order valence-corrected chi connectivity index (χ0v) is 28.2. The van der Waals surface area contributed by atoms with Gasteiger partial charge in [-0.05, 0) is 41.7 Å². The van der Waals surface area contributed by atoms with Crippen LogP contribution in [-0.2, 0) is 6.54 Å². The molecule has 1 heterocycles. The van der Waals surface area contributed by atoms with Gasteiger partial charge >= 0.3 is 6.03 Å². The Hall–Kier alpha value is -2.32. The molecule has 0 fully saturated rings. The lowest BCUT2D eigenvalue weighted by molar-refractivity contribution is 0.261. The molecule has 2 aromatic rings. The Morgan fingerprint density at radius 1 is 0.833 bits per heavy atom. The van der Waals surface area contributed by atoms with Gasteiger partial charge in [-0.15, -0.1) is 28.7 Å². The molecule has 3 rings (SSSR count). The third-order valence-corrected chi connectivity index (χ3v) is 8.19. The molecular weight excluding hydrogens is 610 g/mol. The minimum atomic E-state index is -0.314. The molecule has 0 aliphatic carbocycles. The highest BCUT2D eigenvalue weighted by Crippen LogP contribution is 2.35. The average molecular weight is 663 g/mol. The van der Waals surface area contributed by atoms with Gasteiger partial charge in [-0.25, -0.2) is 4.79 Å². The van der Waals surface area contributed by atoms with E-state index in [-0.39, 0.29) is 23.0 Å². The third-order valence-electron chi connectivity index (χ3n) is 7.40. The number of halogens is 1. The third kappa shape index (κ3) is 14.2. The molecule has 0 aromatic heterocycles. The van der Waals surface area contributed by atoms with Gasteiger partial charge in [0.1, 0.15) is 0 Å². The summed E-state index contributed by atoms with van der Waals surface area (Å²) in [7, 11) is 1.62. The molecule has 8 heteroatoms. The second-order valence-corrected chi connectivity index (χ2v) is 11.7. The maximum absolute atomic E-state index is 12.8. The number of urea groups is 1. The molecule has 2 N–H and O–H groups in total. The van der Waals surface area contributed by atoms with E-state index in [2.05, 4.69) is 34.1 Å². The van der Waals surface area contributed by atoms with Crippen molar-refractivity contribution in [2.75, 3.05) is 30.2 Å². The summed E-state index contributed by atoms with van der Waals surface area (Å²) in [5.74, 6) is 2.17. The fraction of sp³-hybridized carbons (Fsp3) is 0.559. The highest BCUT2D eigenvalue weighted by molar-refractivity contribution is 8.93. The maximum atomic E-state index is 12.8. The summed E-state index contributed by atoms with van der Waals surface area (Å²) in [5, 5.41) is 7.96. The standard InChI is InChI=1S/C34H51N3O3S.BrH/c1-3-4-5-6-7-8-9-10-11-12-13-14-15-16-25-40-33-31(18-17-19-32(33)39-2)36-34(38)35-30-22-20-29(21-23-30)27-37-24-26-41-28-37;/h17-24,26H,3-16,25,27-28H2,1-2H3,(H2,35,36,38);1H. The van der Waals surface area contributed by atoms with Gasteiger partial charge < -0.3 is 25.0 Å². The zero-order valence-electron chi connectivity index (χ0n) is 25.7. The summed E-state index contributed by atoms with van der Waals surface area (Å²) in [6.45, 7) is 3.74. The number of hydrogen-bond donors (Lipinski definition) is 2. The number of thioether (sulfide) groups is 1. The Labute approximate surface area is 269 Å². The zero-order chi connectivity index (χ0) is 29.0. The number of methoxy groups -OCH3 is 1. The minimum Gasteiger partial charge on any atom is -0.493 e. The van der Waals surface area contributed by atoms with Crippen LogP contribution < -0.4 is 20.1 Å². The monoisotopic (exact) mass is 661 g/mol. The van der Waals surface area contributed by atoms with Gasteiger partial charge in [-0.2, -0.15) is 0 Å². The van der Waals surface area contributed by atoms with Crippen molar-refractivity contribution in [3.63, 3.8) is 0 Å². The molecule has 2 amide bonds. The second-order valence-electron chi connectivity index (χ2n) is 10.9. The first kappa shape index (κ1) is 35.9. The Balaban J connectivity index is 0.00000616. The number of rotatable bonds is 21. The highest BCUT2D eigenvalue weighted by atomic mass is 79.9. The molecule has 2 aromatic carbocycles. The van der Waals surface area contributed by atoms with Gasteiger partial charge in [0.15, 0.2) is 11.5 Å². The molecule has 6 nitrogen and oxygen atoms in total. The van der Waals surface area contributed by atoms with Crippen LogP contribution in [-0.4, -0.2) is 30.5 Å². The normalized spacial score (nSPS) is 12.2. The lowest BCUT2D eigenvalue weighted by atomic mass is 10.0. The van der Waals surface area contributed by atoms with E-state index in [9.17, 15) is 4.79 Å². The molecule has 0 radical (unpaired) electrons. The summed E-state index contributed by atoms with van der Waals surface area (Å²) < 4.78 is 11.6. The summed E-state index contributed by atoms with van der Waals surface area (Å²) >= 11 is 1.79. The van der Waals surface area contributed by atoms with Crippen LogP contribution >= 0.6 is 28.7 Å². The van der Waals surface area contributed by atoms with Crippen LogP contribution in [0.25, 0.3) is 0 Å².